The standard InChI is InChI=1S/C21H21ClN4O2S/c1-12(2)17(25-19(27)14-8-4-5-9-15(14)22)20(28)26-21-24-13(3)18(29-21)16-10-6-7-11-23-16/h4-12,17H,1-3H3,(H,25,27)(H,24,26,28). The molecule has 2 heterocycles. The number of anilines is 1. The number of aromatic nitrogens is 2. The molecule has 2 aromatic heterocycles. The second-order valence-electron chi connectivity index (χ2n) is 6.81. The Kier molecular flexibility index (Phi) is 6.61. The Balaban J connectivity index is 1.75. The molecule has 0 aliphatic carbocycles. The van der Waals surface area contributed by atoms with Gasteiger partial charge in [0, 0.05) is 6.20 Å². The first kappa shape index (κ1) is 21.0. The van der Waals surface area contributed by atoms with E-state index in [1.807, 2.05) is 39.0 Å². The average molecular weight is 429 g/mol. The van der Waals surface area contributed by atoms with E-state index >= 15 is 0 Å². The van der Waals surface area contributed by atoms with Crippen LogP contribution in [0.4, 0.5) is 5.13 Å². The van der Waals surface area contributed by atoms with Crippen LogP contribution in [0.25, 0.3) is 10.6 Å². The number of halogens is 1. The molecular weight excluding hydrogens is 408 g/mol. The Labute approximate surface area is 178 Å². The van der Waals surface area contributed by atoms with Crippen molar-refractivity contribution < 1.29 is 9.59 Å². The van der Waals surface area contributed by atoms with Crippen molar-refractivity contribution in [3.63, 3.8) is 0 Å². The molecule has 8 heteroatoms. The molecule has 1 unspecified atom stereocenters. The van der Waals surface area contributed by atoms with E-state index in [0.717, 1.165) is 16.3 Å². The van der Waals surface area contributed by atoms with Gasteiger partial charge in [0.05, 0.1) is 26.9 Å². The zero-order valence-corrected chi connectivity index (χ0v) is 17.8. The van der Waals surface area contributed by atoms with E-state index < -0.39 is 11.9 Å². The van der Waals surface area contributed by atoms with Crippen LogP contribution >= 0.6 is 22.9 Å². The summed E-state index contributed by atoms with van der Waals surface area (Å²) in [6.07, 6.45) is 1.71. The summed E-state index contributed by atoms with van der Waals surface area (Å²) in [6, 6.07) is 11.6. The van der Waals surface area contributed by atoms with E-state index in [1.165, 1.54) is 11.3 Å². The number of benzene rings is 1. The van der Waals surface area contributed by atoms with Crippen molar-refractivity contribution in [3.05, 3.63) is 64.9 Å². The molecule has 0 radical (unpaired) electrons. The minimum atomic E-state index is -0.735. The number of pyridine rings is 1. The highest BCUT2D eigenvalue weighted by Gasteiger charge is 2.26. The van der Waals surface area contributed by atoms with Gasteiger partial charge in [0.25, 0.3) is 5.91 Å². The maximum absolute atomic E-state index is 12.9. The molecule has 0 aliphatic rings. The number of hydrogen-bond donors (Lipinski definition) is 2. The molecule has 0 fully saturated rings. The Morgan fingerprint density at radius 2 is 1.83 bits per heavy atom. The average Bonchev–Trinajstić information content (AvgIpc) is 3.06. The molecule has 2 N–H and O–H groups in total. The molecule has 6 nitrogen and oxygen atoms in total. The molecule has 3 aromatic rings. The van der Waals surface area contributed by atoms with Crippen LogP contribution in [0.15, 0.2) is 48.7 Å². The predicted molar refractivity (Wildman–Crippen MR) is 116 cm³/mol. The van der Waals surface area contributed by atoms with Gasteiger partial charge in [0.15, 0.2) is 5.13 Å². The molecule has 1 atom stereocenters. The molecule has 0 spiro atoms. The molecule has 29 heavy (non-hydrogen) atoms. The number of hydrogen-bond acceptors (Lipinski definition) is 5. The summed E-state index contributed by atoms with van der Waals surface area (Å²) in [4.78, 5) is 35.1. The van der Waals surface area contributed by atoms with Crippen LogP contribution in [0, 0.1) is 12.8 Å². The van der Waals surface area contributed by atoms with Gasteiger partial charge in [-0.05, 0) is 37.1 Å². The Morgan fingerprint density at radius 1 is 1.10 bits per heavy atom. The van der Waals surface area contributed by atoms with Gasteiger partial charge in [-0.2, -0.15) is 0 Å². The number of thiazole rings is 1. The van der Waals surface area contributed by atoms with Crippen LogP contribution in [-0.4, -0.2) is 27.8 Å². The summed E-state index contributed by atoms with van der Waals surface area (Å²) in [5.74, 6) is -0.853. The third kappa shape index (κ3) is 4.99. The SMILES string of the molecule is Cc1nc(NC(=O)C(NC(=O)c2ccccc2Cl)C(C)C)sc1-c1ccccn1. The van der Waals surface area contributed by atoms with E-state index in [2.05, 4.69) is 20.6 Å². The van der Waals surface area contributed by atoms with Crippen LogP contribution in [0.5, 0.6) is 0 Å². The summed E-state index contributed by atoms with van der Waals surface area (Å²) in [7, 11) is 0. The molecule has 3 rings (SSSR count). The van der Waals surface area contributed by atoms with E-state index in [9.17, 15) is 9.59 Å². The van der Waals surface area contributed by atoms with Crippen LogP contribution < -0.4 is 10.6 Å². The molecule has 150 valence electrons. The smallest absolute Gasteiger partial charge is 0.253 e. The van der Waals surface area contributed by atoms with Gasteiger partial charge in [0.2, 0.25) is 5.91 Å². The Morgan fingerprint density at radius 3 is 2.48 bits per heavy atom. The summed E-state index contributed by atoms with van der Waals surface area (Å²) in [6.45, 7) is 5.60. The molecule has 2 amide bonds. The van der Waals surface area contributed by atoms with E-state index in [0.29, 0.717) is 15.7 Å². The van der Waals surface area contributed by atoms with Crippen LogP contribution in [-0.2, 0) is 4.79 Å². The lowest BCUT2D eigenvalue weighted by Gasteiger charge is -2.21. The van der Waals surface area contributed by atoms with Gasteiger partial charge in [-0.1, -0.05) is 55.0 Å². The summed E-state index contributed by atoms with van der Waals surface area (Å²) in [5, 5.41) is 6.39. The van der Waals surface area contributed by atoms with Crippen molar-refractivity contribution in [2.24, 2.45) is 5.92 Å². The third-order valence-electron chi connectivity index (χ3n) is 4.28. The lowest BCUT2D eigenvalue weighted by atomic mass is 10.0. The highest BCUT2D eigenvalue weighted by atomic mass is 35.5. The normalized spacial score (nSPS) is 11.9. The fourth-order valence-electron chi connectivity index (χ4n) is 2.77. The van der Waals surface area contributed by atoms with Gasteiger partial charge in [-0.3, -0.25) is 14.6 Å². The van der Waals surface area contributed by atoms with Gasteiger partial charge >= 0.3 is 0 Å². The first-order valence-corrected chi connectivity index (χ1v) is 10.3. The molecule has 0 saturated heterocycles. The Hall–Kier alpha value is -2.77. The Bertz CT molecular complexity index is 1020. The number of carbonyl (C=O) groups excluding carboxylic acids is 2. The number of rotatable bonds is 6. The molecule has 0 saturated carbocycles. The van der Waals surface area contributed by atoms with E-state index in [-0.39, 0.29) is 11.8 Å². The highest BCUT2D eigenvalue weighted by Crippen LogP contribution is 2.31. The second kappa shape index (κ2) is 9.15. The predicted octanol–water partition coefficient (Wildman–Crippen LogP) is 4.56. The van der Waals surface area contributed by atoms with Crippen molar-refractivity contribution in [1.82, 2.24) is 15.3 Å². The van der Waals surface area contributed by atoms with Crippen molar-refractivity contribution >= 4 is 39.9 Å². The number of nitrogens with one attached hydrogen (secondary N) is 2. The van der Waals surface area contributed by atoms with Crippen LogP contribution in [0.3, 0.4) is 0 Å². The topological polar surface area (TPSA) is 84.0 Å². The van der Waals surface area contributed by atoms with Gasteiger partial charge < -0.3 is 10.6 Å². The molecule has 1 aromatic carbocycles. The largest absolute Gasteiger partial charge is 0.340 e. The maximum Gasteiger partial charge on any atom is 0.253 e. The highest BCUT2D eigenvalue weighted by molar-refractivity contribution is 7.19. The number of amides is 2. The maximum atomic E-state index is 12.9. The first-order chi connectivity index (χ1) is 13.9. The molecular formula is C21H21ClN4O2S. The summed E-state index contributed by atoms with van der Waals surface area (Å²) >= 11 is 7.44. The van der Waals surface area contributed by atoms with Gasteiger partial charge in [-0.25, -0.2) is 4.98 Å². The zero-order chi connectivity index (χ0) is 21.0. The van der Waals surface area contributed by atoms with Crippen molar-refractivity contribution in [1.29, 1.82) is 0 Å². The lowest BCUT2D eigenvalue weighted by molar-refractivity contribution is -0.118. The van der Waals surface area contributed by atoms with E-state index in [4.69, 9.17) is 11.6 Å². The number of nitrogens with zero attached hydrogens (tertiary/aromatic N) is 2. The van der Waals surface area contributed by atoms with Gasteiger partial charge in [-0.15, -0.1) is 0 Å². The molecule has 0 aliphatic heterocycles. The third-order valence-corrected chi connectivity index (χ3v) is 5.70. The van der Waals surface area contributed by atoms with Crippen molar-refractivity contribution in [2.45, 2.75) is 26.8 Å². The quantitative estimate of drug-likeness (QED) is 0.602. The second-order valence-corrected chi connectivity index (χ2v) is 8.22. The van der Waals surface area contributed by atoms with Crippen LogP contribution in [0.1, 0.15) is 29.9 Å². The fourth-order valence-corrected chi connectivity index (χ4v) is 3.93. The monoisotopic (exact) mass is 428 g/mol. The van der Waals surface area contributed by atoms with Crippen LogP contribution in [0.2, 0.25) is 5.02 Å². The number of aryl methyl sites for hydroxylation is 1. The van der Waals surface area contributed by atoms with Crippen molar-refractivity contribution in [3.8, 4) is 10.6 Å². The van der Waals surface area contributed by atoms with Crippen molar-refractivity contribution in [2.75, 3.05) is 5.32 Å². The first-order valence-electron chi connectivity index (χ1n) is 9.12. The summed E-state index contributed by atoms with van der Waals surface area (Å²) in [5.41, 5.74) is 1.91. The zero-order valence-electron chi connectivity index (χ0n) is 16.3. The lowest BCUT2D eigenvalue weighted by Crippen LogP contribution is -2.47. The minimum Gasteiger partial charge on any atom is -0.340 e. The van der Waals surface area contributed by atoms with Gasteiger partial charge in [0.1, 0.15) is 6.04 Å². The molecule has 0 bridgehead atoms. The minimum absolute atomic E-state index is 0.127. The number of carbonyl (C=O) groups is 2. The summed E-state index contributed by atoms with van der Waals surface area (Å²) < 4.78 is 0. The fraction of sp³-hybridized carbons (Fsp3) is 0.238. The van der Waals surface area contributed by atoms with E-state index in [1.54, 1.807) is 30.5 Å².